The lowest BCUT2D eigenvalue weighted by Gasteiger charge is -2.17. The first-order valence-corrected chi connectivity index (χ1v) is 12.2. The molecule has 0 heterocycles. The molecule has 0 radical (unpaired) electrons. The Kier molecular flexibility index (Phi) is 8.70. The molecule has 0 aliphatic heterocycles. The number of rotatable bonds is 9. The number of aliphatic imine (C=N–C) groups is 1. The molecule has 0 saturated carbocycles. The number of guanidine groups is 1. The lowest BCUT2D eigenvalue weighted by atomic mass is 10.1. The van der Waals surface area contributed by atoms with Crippen LogP contribution in [0.25, 0.3) is 0 Å². The number of nitrogens with zero attached hydrogens (tertiary/aromatic N) is 2. The highest BCUT2D eigenvalue weighted by Gasteiger charge is 2.14. The van der Waals surface area contributed by atoms with Crippen LogP contribution in [0.15, 0.2) is 28.1 Å². The molecule has 0 aromatic heterocycles. The largest absolute Gasteiger partial charge is 0.356 e. The van der Waals surface area contributed by atoms with Gasteiger partial charge in [0.1, 0.15) is 0 Å². The van der Waals surface area contributed by atoms with Crippen molar-refractivity contribution in [3.63, 3.8) is 0 Å². The Labute approximate surface area is 163 Å². The highest BCUT2D eigenvalue weighted by molar-refractivity contribution is 7.90. The smallest absolute Gasteiger partial charge is 0.213 e. The molecule has 0 amide bonds. The summed E-state index contributed by atoms with van der Waals surface area (Å²) in [6, 6.07) is 5.22. The van der Waals surface area contributed by atoms with Gasteiger partial charge >= 0.3 is 0 Å². The van der Waals surface area contributed by atoms with E-state index in [0.29, 0.717) is 42.5 Å². The third kappa shape index (κ3) is 7.47. The molecule has 0 atom stereocenters. The van der Waals surface area contributed by atoms with Gasteiger partial charge in [-0.25, -0.2) is 21.1 Å². The molecule has 154 valence electrons. The highest BCUT2D eigenvalue weighted by atomic mass is 32.2. The molecule has 2 N–H and O–H groups in total. The van der Waals surface area contributed by atoms with E-state index in [9.17, 15) is 16.8 Å². The summed E-state index contributed by atoms with van der Waals surface area (Å²) in [5.74, 6) is 0.693. The van der Waals surface area contributed by atoms with Gasteiger partial charge in [0.15, 0.2) is 15.8 Å². The van der Waals surface area contributed by atoms with Crippen LogP contribution in [-0.4, -0.2) is 66.3 Å². The predicted octanol–water partition coefficient (Wildman–Crippen LogP) is 0.735. The lowest BCUT2D eigenvalue weighted by Crippen LogP contribution is -2.38. The molecule has 0 aliphatic carbocycles. The standard InChI is InChI=1S/C17H30N4O4S2/c1-6-27(24,25)21(4)11-7-10-19-17(18-3)20-13-15-8-9-16(14(2)12-15)26(5,22)23/h8-9,12H,6-7,10-11,13H2,1-5H3,(H2,18,19,20). The molecule has 0 bridgehead atoms. The number of sulfonamides is 1. The van der Waals surface area contributed by atoms with E-state index < -0.39 is 19.9 Å². The molecule has 0 unspecified atom stereocenters. The van der Waals surface area contributed by atoms with E-state index in [1.165, 1.54) is 10.6 Å². The summed E-state index contributed by atoms with van der Waals surface area (Å²) in [5.41, 5.74) is 1.65. The maximum Gasteiger partial charge on any atom is 0.213 e. The molecule has 27 heavy (non-hydrogen) atoms. The summed E-state index contributed by atoms with van der Waals surface area (Å²) in [6.07, 6.45) is 1.85. The van der Waals surface area contributed by atoms with Gasteiger partial charge in [0.25, 0.3) is 0 Å². The second-order valence-electron chi connectivity index (χ2n) is 6.30. The third-order valence-corrected chi connectivity index (χ3v) is 7.22. The topological polar surface area (TPSA) is 108 Å². The van der Waals surface area contributed by atoms with E-state index in [2.05, 4.69) is 15.6 Å². The van der Waals surface area contributed by atoms with Crippen molar-refractivity contribution < 1.29 is 16.8 Å². The van der Waals surface area contributed by atoms with Gasteiger partial charge in [0.05, 0.1) is 10.6 Å². The highest BCUT2D eigenvalue weighted by Crippen LogP contribution is 2.16. The molecule has 1 aromatic rings. The van der Waals surface area contributed by atoms with Crippen molar-refractivity contribution in [2.45, 2.75) is 31.7 Å². The van der Waals surface area contributed by atoms with Gasteiger partial charge in [0.2, 0.25) is 10.0 Å². The van der Waals surface area contributed by atoms with E-state index in [1.807, 2.05) is 6.07 Å². The van der Waals surface area contributed by atoms with Crippen molar-refractivity contribution in [1.82, 2.24) is 14.9 Å². The zero-order valence-corrected chi connectivity index (χ0v) is 18.2. The monoisotopic (exact) mass is 418 g/mol. The zero-order chi connectivity index (χ0) is 20.7. The maximum absolute atomic E-state index is 11.7. The summed E-state index contributed by atoms with van der Waals surface area (Å²) in [7, 11) is -3.14. The van der Waals surface area contributed by atoms with Gasteiger partial charge in [-0.05, 0) is 37.5 Å². The molecule has 10 heteroatoms. The fourth-order valence-electron chi connectivity index (χ4n) is 2.51. The fraction of sp³-hybridized carbons (Fsp3) is 0.588. The Morgan fingerprint density at radius 3 is 2.37 bits per heavy atom. The quantitative estimate of drug-likeness (QED) is 0.348. The van der Waals surface area contributed by atoms with Gasteiger partial charge in [-0.1, -0.05) is 12.1 Å². The van der Waals surface area contributed by atoms with Crippen LogP contribution < -0.4 is 10.6 Å². The minimum absolute atomic E-state index is 0.0949. The van der Waals surface area contributed by atoms with Crippen LogP contribution in [-0.2, 0) is 26.4 Å². The van der Waals surface area contributed by atoms with Crippen LogP contribution in [0, 0.1) is 6.92 Å². The second-order valence-corrected chi connectivity index (χ2v) is 10.6. The molecule has 1 rings (SSSR count). The number of hydrogen-bond acceptors (Lipinski definition) is 5. The Bertz CT molecular complexity index is 865. The Morgan fingerprint density at radius 2 is 1.85 bits per heavy atom. The van der Waals surface area contributed by atoms with Crippen molar-refractivity contribution in [1.29, 1.82) is 0 Å². The van der Waals surface area contributed by atoms with Crippen molar-refractivity contribution in [3.8, 4) is 0 Å². The van der Waals surface area contributed by atoms with Crippen molar-refractivity contribution in [2.75, 3.05) is 39.2 Å². The zero-order valence-electron chi connectivity index (χ0n) is 16.6. The fourth-order valence-corrected chi connectivity index (χ4v) is 4.32. The minimum Gasteiger partial charge on any atom is -0.356 e. The second kappa shape index (κ2) is 10.0. The molecular formula is C17H30N4O4S2. The summed E-state index contributed by atoms with van der Waals surface area (Å²) < 4.78 is 48.1. The molecule has 0 saturated heterocycles. The first-order valence-electron chi connectivity index (χ1n) is 8.69. The molecule has 8 nitrogen and oxygen atoms in total. The van der Waals surface area contributed by atoms with E-state index in [1.54, 1.807) is 40.1 Å². The van der Waals surface area contributed by atoms with Crippen molar-refractivity contribution in [2.24, 2.45) is 4.99 Å². The molecule has 1 aromatic carbocycles. The molecule has 0 fully saturated rings. The summed E-state index contributed by atoms with van der Waals surface area (Å²) in [4.78, 5) is 4.46. The third-order valence-electron chi connectivity index (χ3n) is 4.10. The number of sulfone groups is 1. The van der Waals surface area contributed by atoms with E-state index in [0.717, 1.165) is 5.56 Å². The first-order chi connectivity index (χ1) is 12.5. The average molecular weight is 419 g/mol. The number of hydrogen-bond donors (Lipinski definition) is 2. The van der Waals surface area contributed by atoms with Crippen LogP contribution in [0.4, 0.5) is 0 Å². The summed E-state index contributed by atoms with van der Waals surface area (Å²) >= 11 is 0. The molecule has 0 aliphatic rings. The van der Waals surface area contributed by atoms with Gasteiger partial charge in [-0.3, -0.25) is 4.99 Å². The summed E-state index contributed by atoms with van der Waals surface area (Å²) in [5, 5.41) is 6.29. The van der Waals surface area contributed by atoms with E-state index in [4.69, 9.17) is 0 Å². The van der Waals surface area contributed by atoms with Crippen LogP contribution in [0.2, 0.25) is 0 Å². The van der Waals surface area contributed by atoms with Crippen LogP contribution in [0.3, 0.4) is 0 Å². The Balaban J connectivity index is 2.51. The Morgan fingerprint density at radius 1 is 1.19 bits per heavy atom. The predicted molar refractivity (Wildman–Crippen MR) is 109 cm³/mol. The normalized spacial score (nSPS) is 13.0. The van der Waals surface area contributed by atoms with Crippen molar-refractivity contribution >= 4 is 25.8 Å². The van der Waals surface area contributed by atoms with Gasteiger partial charge < -0.3 is 10.6 Å². The minimum atomic E-state index is -3.22. The molecular weight excluding hydrogens is 388 g/mol. The van der Waals surface area contributed by atoms with Crippen LogP contribution in [0.5, 0.6) is 0 Å². The summed E-state index contributed by atoms with van der Waals surface area (Å²) in [6.45, 7) is 4.91. The first kappa shape index (κ1) is 23.4. The van der Waals surface area contributed by atoms with E-state index >= 15 is 0 Å². The number of benzene rings is 1. The van der Waals surface area contributed by atoms with Gasteiger partial charge in [-0.2, -0.15) is 0 Å². The SMILES string of the molecule is CCS(=O)(=O)N(C)CCCNC(=NC)NCc1ccc(S(C)(=O)=O)c(C)c1. The number of nitrogens with one attached hydrogen (secondary N) is 2. The van der Waals surface area contributed by atoms with Crippen LogP contribution >= 0.6 is 0 Å². The maximum atomic E-state index is 11.7. The molecule has 0 spiro atoms. The Hall–Kier alpha value is -1.65. The van der Waals surface area contributed by atoms with Gasteiger partial charge in [0, 0.05) is 40.0 Å². The van der Waals surface area contributed by atoms with Crippen molar-refractivity contribution in [3.05, 3.63) is 29.3 Å². The van der Waals surface area contributed by atoms with Crippen LogP contribution in [0.1, 0.15) is 24.5 Å². The van der Waals surface area contributed by atoms with Gasteiger partial charge in [-0.15, -0.1) is 0 Å². The lowest BCUT2D eigenvalue weighted by molar-refractivity contribution is 0.461. The number of aryl methyl sites for hydroxylation is 1. The average Bonchev–Trinajstić information content (AvgIpc) is 2.59. The van der Waals surface area contributed by atoms with E-state index in [-0.39, 0.29) is 5.75 Å².